The van der Waals surface area contributed by atoms with Crippen LogP contribution >= 0.6 is 0 Å². The van der Waals surface area contributed by atoms with Gasteiger partial charge in [-0.2, -0.15) is 5.10 Å². The monoisotopic (exact) mass is 249 g/mol. The van der Waals surface area contributed by atoms with Crippen LogP contribution in [0.1, 0.15) is 57.7 Å². The highest BCUT2D eigenvalue weighted by Gasteiger charge is 2.28. The molecule has 1 aliphatic rings. The SMILES string of the molecule is CCNC(c1ccn(C)n1)C1CCC(CC)CC1. The lowest BCUT2D eigenvalue weighted by Crippen LogP contribution is -2.31. The minimum atomic E-state index is 0.453. The lowest BCUT2D eigenvalue weighted by molar-refractivity contribution is 0.217. The van der Waals surface area contributed by atoms with E-state index in [2.05, 4.69) is 36.5 Å². The van der Waals surface area contributed by atoms with Gasteiger partial charge in [-0.25, -0.2) is 0 Å². The smallest absolute Gasteiger partial charge is 0.0796 e. The van der Waals surface area contributed by atoms with Crippen molar-refractivity contribution in [1.82, 2.24) is 15.1 Å². The predicted octanol–water partition coefficient (Wildman–Crippen LogP) is 3.29. The van der Waals surface area contributed by atoms with Crippen molar-refractivity contribution in [3.8, 4) is 0 Å². The summed E-state index contributed by atoms with van der Waals surface area (Å²) in [5.41, 5.74) is 1.22. The van der Waals surface area contributed by atoms with Gasteiger partial charge in [0.15, 0.2) is 0 Å². The number of nitrogens with zero attached hydrogens (tertiary/aromatic N) is 2. The Balaban J connectivity index is 2.02. The highest BCUT2D eigenvalue weighted by atomic mass is 15.3. The summed E-state index contributed by atoms with van der Waals surface area (Å²) in [5, 5.41) is 8.24. The van der Waals surface area contributed by atoms with E-state index in [-0.39, 0.29) is 0 Å². The summed E-state index contributed by atoms with van der Waals surface area (Å²) in [5.74, 6) is 1.73. The van der Waals surface area contributed by atoms with Crippen molar-refractivity contribution in [3.63, 3.8) is 0 Å². The number of hydrogen-bond acceptors (Lipinski definition) is 2. The third-order valence-corrected chi connectivity index (χ3v) is 4.42. The maximum atomic E-state index is 4.60. The average Bonchev–Trinajstić information content (AvgIpc) is 2.82. The third kappa shape index (κ3) is 3.14. The molecule has 2 rings (SSSR count). The fourth-order valence-corrected chi connectivity index (χ4v) is 3.26. The zero-order chi connectivity index (χ0) is 13.0. The first-order chi connectivity index (χ1) is 8.74. The summed E-state index contributed by atoms with van der Waals surface area (Å²) in [6.07, 6.45) is 8.91. The number of nitrogens with one attached hydrogen (secondary N) is 1. The Morgan fingerprint density at radius 1 is 1.33 bits per heavy atom. The highest BCUT2D eigenvalue weighted by molar-refractivity contribution is 5.07. The van der Waals surface area contributed by atoms with Crippen LogP contribution in [0, 0.1) is 11.8 Å². The van der Waals surface area contributed by atoms with Gasteiger partial charge in [0.25, 0.3) is 0 Å². The van der Waals surface area contributed by atoms with Crippen molar-refractivity contribution in [1.29, 1.82) is 0 Å². The molecule has 3 heteroatoms. The van der Waals surface area contributed by atoms with E-state index in [4.69, 9.17) is 0 Å². The van der Waals surface area contributed by atoms with Crippen LogP contribution in [-0.2, 0) is 7.05 Å². The Kier molecular flexibility index (Phi) is 4.81. The molecular formula is C15H27N3. The molecule has 1 saturated carbocycles. The largest absolute Gasteiger partial charge is 0.309 e. The molecule has 3 nitrogen and oxygen atoms in total. The molecule has 0 aliphatic heterocycles. The predicted molar refractivity (Wildman–Crippen MR) is 75.4 cm³/mol. The van der Waals surface area contributed by atoms with Crippen LogP contribution in [0.3, 0.4) is 0 Å². The second-order valence-corrected chi connectivity index (χ2v) is 5.64. The molecule has 0 spiro atoms. The summed E-state index contributed by atoms with van der Waals surface area (Å²) >= 11 is 0. The van der Waals surface area contributed by atoms with E-state index < -0.39 is 0 Å². The van der Waals surface area contributed by atoms with Crippen LogP contribution in [0.2, 0.25) is 0 Å². The fraction of sp³-hybridized carbons (Fsp3) is 0.800. The number of aryl methyl sites for hydroxylation is 1. The Morgan fingerprint density at radius 2 is 2.06 bits per heavy atom. The van der Waals surface area contributed by atoms with E-state index >= 15 is 0 Å². The molecule has 18 heavy (non-hydrogen) atoms. The topological polar surface area (TPSA) is 29.9 Å². The van der Waals surface area contributed by atoms with E-state index in [1.165, 1.54) is 37.8 Å². The van der Waals surface area contributed by atoms with Crippen LogP contribution in [0.5, 0.6) is 0 Å². The van der Waals surface area contributed by atoms with Crippen LogP contribution < -0.4 is 5.32 Å². The van der Waals surface area contributed by atoms with Crippen molar-refractivity contribution in [2.75, 3.05) is 6.54 Å². The molecule has 102 valence electrons. The van der Waals surface area contributed by atoms with Crippen LogP contribution in [-0.4, -0.2) is 16.3 Å². The van der Waals surface area contributed by atoms with Crippen molar-refractivity contribution < 1.29 is 0 Å². The molecular weight excluding hydrogens is 222 g/mol. The number of hydrogen-bond donors (Lipinski definition) is 1. The van der Waals surface area contributed by atoms with Gasteiger partial charge in [0, 0.05) is 13.2 Å². The minimum absolute atomic E-state index is 0.453. The van der Waals surface area contributed by atoms with E-state index in [1.807, 2.05) is 11.7 Å². The summed E-state index contributed by atoms with van der Waals surface area (Å²) in [4.78, 5) is 0. The van der Waals surface area contributed by atoms with E-state index in [0.717, 1.165) is 18.4 Å². The first-order valence-corrected chi connectivity index (χ1v) is 7.47. The minimum Gasteiger partial charge on any atom is -0.309 e. The molecule has 0 radical (unpaired) electrons. The van der Waals surface area contributed by atoms with E-state index in [9.17, 15) is 0 Å². The van der Waals surface area contributed by atoms with Crippen molar-refractivity contribution in [3.05, 3.63) is 18.0 Å². The molecule has 1 fully saturated rings. The quantitative estimate of drug-likeness (QED) is 0.868. The molecule has 0 amide bonds. The molecule has 1 N–H and O–H groups in total. The second kappa shape index (κ2) is 6.37. The Labute approximate surface area is 111 Å². The molecule has 1 aromatic rings. The maximum absolute atomic E-state index is 4.60. The van der Waals surface area contributed by atoms with E-state index in [1.54, 1.807) is 0 Å². The standard InChI is InChI=1S/C15H27N3/c1-4-12-6-8-13(9-7-12)15(16-5-2)14-10-11-18(3)17-14/h10-13,15-16H,4-9H2,1-3H3. The normalized spacial score (nSPS) is 26.2. The Hall–Kier alpha value is -0.830. The van der Waals surface area contributed by atoms with Gasteiger partial charge in [-0.15, -0.1) is 0 Å². The molecule has 1 aliphatic carbocycles. The van der Waals surface area contributed by atoms with Crippen LogP contribution in [0.25, 0.3) is 0 Å². The van der Waals surface area contributed by atoms with Gasteiger partial charge in [0.05, 0.1) is 11.7 Å². The molecule has 0 bridgehead atoms. The van der Waals surface area contributed by atoms with Gasteiger partial charge in [-0.05, 0) is 37.3 Å². The fourth-order valence-electron chi connectivity index (χ4n) is 3.26. The van der Waals surface area contributed by atoms with Crippen molar-refractivity contribution in [2.45, 2.75) is 52.0 Å². The molecule has 0 aromatic carbocycles. The second-order valence-electron chi connectivity index (χ2n) is 5.64. The Bertz CT molecular complexity index is 350. The summed E-state index contributed by atoms with van der Waals surface area (Å²) in [7, 11) is 2.00. The van der Waals surface area contributed by atoms with Gasteiger partial charge >= 0.3 is 0 Å². The molecule has 1 heterocycles. The van der Waals surface area contributed by atoms with Gasteiger partial charge in [0.2, 0.25) is 0 Å². The molecule has 0 saturated heterocycles. The zero-order valence-corrected chi connectivity index (χ0v) is 12.0. The summed E-state index contributed by atoms with van der Waals surface area (Å²) < 4.78 is 1.91. The third-order valence-electron chi connectivity index (χ3n) is 4.42. The summed E-state index contributed by atoms with van der Waals surface area (Å²) in [6, 6.07) is 2.62. The maximum Gasteiger partial charge on any atom is 0.0796 e. The van der Waals surface area contributed by atoms with Gasteiger partial charge in [0.1, 0.15) is 0 Å². The van der Waals surface area contributed by atoms with Crippen LogP contribution in [0.15, 0.2) is 12.3 Å². The lowest BCUT2D eigenvalue weighted by Gasteiger charge is -2.33. The lowest BCUT2D eigenvalue weighted by atomic mass is 9.77. The van der Waals surface area contributed by atoms with E-state index in [0.29, 0.717) is 6.04 Å². The summed E-state index contributed by atoms with van der Waals surface area (Å²) in [6.45, 7) is 5.54. The van der Waals surface area contributed by atoms with Gasteiger partial charge in [-0.1, -0.05) is 33.1 Å². The average molecular weight is 249 g/mol. The number of aromatic nitrogens is 2. The Morgan fingerprint density at radius 3 is 2.56 bits per heavy atom. The van der Waals surface area contributed by atoms with Crippen molar-refractivity contribution >= 4 is 0 Å². The molecule has 1 aromatic heterocycles. The first kappa shape index (κ1) is 13.6. The van der Waals surface area contributed by atoms with Gasteiger partial charge < -0.3 is 5.32 Å². The number of rotatable bonds is 5. The van der Waals surface area contributed by atoms with Crippen LogP contribution in [0.4, 0.5) is 0 Å². The zero-order valence-electron chi connectivity index (χ0n) is 12.0. The highest BCUT2D eigenvalue weighted by Crippen LogP contribution is 2.37. The molecule has 1 unspecified atom stereocenters. The van der Waals surface area contributed by atoms with Gasteiger partial charge in [-0.3, -0.25) is 4.68 Å². The molecule has 1 atom stereocenters. The van der Waals surface area contributed by atoms with Crippen molar-refractivity contribution in [2.24, 2.45) is 18.9 Å². The first-order valence-electron chi connectivity index (χ1n) is 7.47.